The van der Waals surface area contributed by atoms with Gasteiger partial charge in [-0.2, -0.15) is 4.98 Å². The summed E-state index contributed by atoms with van der Waals surface area (Å²) in [6.45, 7) is 6.55. The molecule has 1 aromatic rings. The van der Waals surface area contributed by atoms with Crippen LogP contribution < -0.4 is 5.32 Å². The molecule has 2 heterocycles. The Bertz CT molecular complexity index is 307. The molecule has 0 aliphatic carbocycles. The highest BCUT2D eigenvalue weighted by molar-refractivity contribution is 4.96. The topological polar surface area (TPSA) is 60.2 Å². The molecule has 2 atom stereocenters. The van der Waals surface area contributed by atoms with E-state index in [2.05, 4.69) is 29.3 Å². The van der Waals surface area contributed by atoms with Gasteiger partial charge in [0.2, 0.25) is 0 Å². The number of ether oxygens (including phenoxy) is 1. The van der Waals surface area contributed by atoms with E-state index in [9.17, 15) is 0 Å². The summed E-state index contributed by atoms with van der Waals surface area (Å²) in [6, 6.07) is 0. The summed E-state index contributed by atoms with van der Waals surface area (Å²) in [5, 5.41) is 7.20. The second kappa shape index (κ2) is 4.72. The fraction of sp³-hybridized carbons (Fsp3) is 0.800. The van der Waals surface area contributed by atoms with Crippen LogP contribution in [0.5, 0.6) is 0 Å². The first-order valence-electron chi connectivity index (χ1n) is 5.47. The summed E-state index contributed by atoms with van der Waals surface area (Å²) in [7, 11) is 0. The van der Waals surface area contributed by atoms with E-state index in [0.29, 0.717) is 18.4 Å². The highest BCUT2D eigenvalue weighted by Gasteiger charge is 2.23. The molecule has 5 nitrogen and oxygen atoms in total. The molecule has 2 rings (SSSR count). The highest BCUT2D eigenvalue weighted by atomic mass is 16.5. The molecule has 0 aromatic carbocycles. The lowest BCUT2D eigenvalue weighted by atomic mass is 10.1. The molecule has 0 saturated carbocycles. The van der Waals surface area contributed by atoms with Gasteiger partial charge in [0, 0.05) is 19.0 Å². The second-order valence-corrected chi connectivity index (χ2v) is 3.86. The Hall–Kier alpha value is -0.940. The van der Waals surface area contributed by atoms with Crippen LogP contribution in [0, 0.1) is 0 Å². The molecule has 1 aromatic heterocycles. The SMILES string of the molecule is CCC(C)c1noc(C2CNCCO2)n1. The van der Waals surface area contributed by atoms with Crippen LogP contribution in [-0.4, -0.2) is 29.8 Å². The van der Waals surface area contributed by atoms with Gasteiger partial charge < -0.3 is 14.6 Å². The molecule has 1 aliphatic rings. The fourth-order valence-electron chi connectivity index (χ4n) is 1.48. The lowest BCUT2D eigenvalue weighted by molar-refractivity contribution is 0.00755. The van der Waals surface area contributed by atoms with Crippen molar-refractivity contribution >= 4 is 0 Å². The van der Waals surface area contributed by atoms with E-state index in [4.69, 9.17) is 9.26 Å². The Labute approximate surface area is 89.2 Å². The van der Waals surface area contributed by atoms with Gasteiger partial charge in [0.15, 0.2) is 5.82 Å². The van der Waals surface area contributed by atoms with Crippen LogP contribution in [0.15, 0.2) is 4.52 Å². The van der Waals surface area contributed by atoms with Gasteiger partial charge >= 0.3 is 0 Å². The summed E-state index contributed by atoms with van der Waals surface area (Å²) in [6.07, 6.45) is 0.937. The predicted molar refractivity (Wildman–Crippen MR) is 54.6 cm³/mol. The lowest BCUT2D eigenvalue weighted by Gasteiger charge is -2.19. The average molecular weight is 211 g/mol. The molecule has 1 saturated heterocycles. The van der Waals surface area contributed by atoms with Crippen molar-refractivity contribution in [2.75, 3.05) is 19.7 Å². The summed E-state index contributed by atoms with van der Waals surface area (Å²) < 4.78 is 10.7. The number of rotatable bonds is 3. The third-order valence-corrected chi connectivity index (χ3v) is 2.71. The zero-order chi connectivity index (χ0) is 10.7. The molecule has 0 radical (unpaired) electrons. The van der Waals surface area contributed by atoms with Crippen molar-refractivity contribution in [3.8, 4) is 0 Å². The number of hydrogen-bond donors (Lipinski definition) is 1. The van der Waals surface area contributed by atoms with Gasteiger partial charge in [0.05, 0.1) is 6.61 Å². The van der Waals surface area contributed by atoms with Gasteiger partial charge in [-0.1, -0.05) is 19.0 Å². The number of nitrogens with one attached hydrogen (secondary N) is 1. The molecule has 2 unspecified atom stereocenters. The Morgan fingerprint density at radius 1 is 1.60 bits per heavy atom. The maximum Gasteiger partial charge on any atom is 0.257 e. The van der Waals surface area contributed by atoms with Gasteiger partial charge in [-0.25, -0.2) is 0 Å². The van der Waals surface area contributed by atoms with Crippen molar-refractivity contribution in [3.63, 3.8) is 0 Å². The summed E-state index contributed by atoms with van der Waals surface area (Å²) in [4.78, 5) is 4.36. The maximum atomic E-state index is 5.53. The van der Waals surface area contributed by atoms with Crippen molar-refractivity contribution < 1.29 is 9.26 Å². The number of aromatic nitrogens is 2. The lowest BCUT2D eigenvalue weighted by Crippen LogP contribution is -2.33. The first kappa shape index (κ1) is 10.6. The van der Waals surface area contributed by atoms with Crippen LogP contribution in [-0.2, 0) is 4.74 Å². The Kier molecular flexibility index (Phi) is 3.33. The van der Waals surface area contributed by atoms with E-state index >= 15 is 0 Å². The standard InChI is InChI=1S/C10H17N3O2/c1-3-7(2)9-12-10(15-13-9)8-6-11-4-5-14-8/h7-8,11H,3-6H2,1-2H3. The van der Waals surface area contributed by atoms with Crippen LogP contribution in [0.25, 0.3) is 0 Å². The van der Waals surface area contributed by atoms with Crippen molar-refractivity contribution in [3.05, 3.63) is 11.7 Å². The zero-order valence-electron chi connectivity index (χ0n) is 9.19. The molecule has 84 valence electrons. The third-order valence-electron chi connectivity index (χ3n) is 2.71. The minimum Gasteiger partial charge on any atom is -0.366 e. The number of morpholine rings is 1. The maximum absolute atomic E-state index is 5.53. The van der Waals surface area contributed by atoms with Crippen LogP contribution in [0.3, 0.4) is 0 Å². The predicted octanol–water partition coefficient (Wildman–Crippen LogP) is 1.24. The minimum absolute atomic E-state index is 0.0796. The number of nitrogens with zero attached hydrogens (tertiary/aromatic N) is 2. The summed E-state index contributed by atoms with van der Waals surface area (Å²) in [5.74, 6) is 1.72. The Balaban J connectivity index is 2.05. The molecule has 1 N–H and O–H groups in total. The average Bonchev–Trinajstić information content (AvgIpc) is 2.78. The quantitative estimate of drug-likeness (QED) is 0.815. The molecule has 5 heteroatoms. The Morgan fingerprint density at radius 2 is 2.47 bits per heavy atom. The largest absolute Gasteiger partial charge is 0.366 e. The van der Waals surface area contributed by atoms with Gasteiger partial charge in [-0.15, -0.1) is 0 Å². The van der Waals surface area contributed by atoms with Crippen LogP contribution >= 0.6 is 0 Å². The third kappa shape index (κ3) is 2.35. The van der Waals surface area contributed by atoms with E-state index in [0.717, 1.165) is 25.3 Å². The summed E-state index contributed by atoms with van der Waals surface area (Å²) in [5.41, 5.74) is 0. The van der Waals surface area contributed by atoms with Crippen molar-refractivity contribution in [1.29, 1.82) is 0 Å². The molecule has 15 heavy (non-hydrogen) atoms. The normalized spacial score (nSPS) is 24.0. The molecule has 0 spiro atoms. The van der Waals surface area contributed by atoms with E-state index < -0.39 is 0 Å². The van der Waals surface area contributed by atoms with Crippen LogP contribution in [0.1, 0.15) is 44.0 Å². The molecule has 1 aliphatic heterocycles. The highest BCUT2D eigenvalue weighted by Crippen LogP contribution is 2.20. The zero-order valence-corrected chi connectivity index (χ0v) is 9.19. The summed E-state index contributed by atoms with van der Waals surface area (Å²) >= 11 is 0. The monoisotopic (exact) mass is 211 g/mol. The van der Waals surface area contributed by atoms with Crippen molar-refractivity contribution in [1.82, 2.24) is 15.5 Å². The van der Waals surface area contributed by atoms with Gasteiger partial charge in [-0.3, -0.25) is 0 Å². The van der Waals surface area contributed by atoms with E-state index in [-0.39, 0.29) is 6.10 Å². The molecular weight excluding hydrogens is 194 g/mol. The van der Waals surface area contributed by atoms with Gasteiger partial charge in [0.25, 0.3) is 5.89 Å². The van der Waals surface area contributed by atoms with Crippen LogP contribution in [0.4, 0.5) is 0 Å². The second-order valence-electron chi connectivity index (χ2n) is 3.86. The van der Waals surface area contributed by atoms with E-state index in [1.165, 1.54) is 0 Å². The van der Waals surface area contributed by atoms with Gasteiger partial charge in [-0.05, 0) is 6.42 Å². The molecule has 0 bridgehead atoms. The van der Waals surface area contributed by atoms with Crippen molar-refractivity contribution in [2.24, 2.45) is 0 Å². The molecular formula is C10H17N3O2. The van der Waals surface area contributed by atoms with Crippen molar-refractivity contribution in [2.45, 2.75) is 32.3 Å². The Morgan fingerprint density at radius 3 is 3.13 bits per heavy atom. The number of hydrogen-bond acceptors (Lipinski definition) is 5. The molecule has 1 fully saturated rings. The van der Waals surface area contributed by atoms with E-state index in [1.807, 2.05) is 0 Å². The first-order valence-corrected chi connectivity index (χ1v) is 5.47. The first-order chi connectivity index (χ1) is 7.31. The van der Waals surface area contributed by atoms with Crippen LogP contribution in [0.2, 0.25) is 0 Å². The molecule has 0 amide bonds. The van der Waals surface area contributed by atoms with Gasteiger partial charge in [0.1, 0.15) is 6.10 Å². The smallest absolute Gasteiger partial charge is 0.257 e. The minimum atomic E-state index is -0.0796. The fourth-order valence-corrected chi connectivity index (χ4v) is 1.48. The van der Waals surface area contributed by atoms with E-state index in [1.54, 1.807) is 0 Å².